The second-order valence-electron chi connectivity index (χ2n) is 10.9. The number of unbranched alkanes of at least 4 members (excludes halogenated alkanes) is 2. The van der Waals surface area contributed by atoms with Gasteiger partial charge >= 0.3 is 6.11 Å². The Bertz CT molecular complexity index is 1940. The summed E-state index contributed by atoms with van der Waals surface area (Å²) in [5.41, 5.74) is -1.67. The first-order valence-corrected chi connectivity index (χ1v) is 14.6. The average molecular weight is 652 g/mol. The fourth-order valence-electron chi connectivity index (χ4n) is 5.22. The molecular formula is C37H25F8NO. The summed E-state index contributed by atoms with van der Waals surface area (Å²) in [6, 6.07) is 17.5. The van der Waals surface area contributed by atoms with E-state index in [1.54, 1.807) is 6.07 Å². The van der Waals surface area contributed by atoms with Crippen LogP contribution in [0.2, 0.25) is 0 Å². The molecule has 0 radical (unpaired) electrons. The van der Waals surface area contributed by atoms with Gasteiger partial charge in [0.1, 0.15) is 52.3 Å². The summed E-state index contributed by atoms with van der Waals surface area (Å²) in [6.45, 7) is 2.11. The van der Waals surface area contributed by atoms with Gasteiger partial charge in [-0.05, 0) is 71.0 Å². The second kappa shape index (κ2) is 13.7. The lowest BCUT2D eigenvalue weighted by molar-refractivity contribution is -0.189. The topological polar surface area (TPSA) is 33.0 Å². The third kappa shape index (κ3) is 7.14. The zero-order valence-electron chi connectivity index (χ0n) is 24.8. The molecule has 0 aliphatic rings. The first-order valence-electron chi connectivity index (χ1n) is 14.6. The molecule has 0 aromatic heterocycles. The summed E-state index contributed by atoms with van der Waals surface area (Å²) in [4.78, 5) is 0. The van der Waals surface area contributed by atoms with Crippen molar-refractivity contribution >= 4 is 0 Å². The number of hydrogen-bond donors (Lipinski definition) is 0. The molecule has 0 fully saturated rings. The Kier molecular flexibility index (Phi) is 9.66. The Hall–Kier alpha value is -5.17. The first kappa shape index (κ1) is 33.2. The van der Waals surface area contributed by atoms with Crippen LogP contribution in [-0.4, -0.2) is 0 Å². The van der Waals surface area contributed by atoms with Crippen LogP contribution in [0, 0.1) is 46.2 Å². The van der Waals surface area contributed by atoms with Gasteiger partial charge in [-0.2, -0.15) is 14.0 Å². The van der Waals surface area contributed by atoms with Gasteiger partial charge in [-0.25, -0.2) is 26.3 Å². The maximum atomic E-state index is 15.2. The normalized spacial score (nSPS) is 11.4. The number of rotatable bonds is 10. The van der Waals surface area contributed by atoms with Gasteiger partial charge in [0.05, 0.1) is 11.1 Å². The standard InChI is InChI=1S/C37H25F8NO/c1-2-3-4-5-21-6-8-22(9-7-21)23-12-13-28(30(39)14-23)26-16-33(42)36(34(43)17-26)37(44,45)47-27-18-31(40)35(32(41)19-27)24-10-11-25(20-46)29(38)15-24/h6-19H,2-5H2,1H3. The Morgan fingerprint density at radius 3 is 1.77 bits per heavy atom. The minimum atomic E-state index is -4.77. The van der Waals surface area contributed by atoms with Crippen LogP contribution in [-0.2, 0) is 12.5 Å². The van der Waals surface area contributed by atoms with E-state index in [9.17, 15) is 13.2 Å². The number of nitrogens with zero attached hydrogens (tertiary/aromatic N) is 1. The largest absolute Gasteiger partial charge is 0.432 e. The van der Waals surface area contributed by atoms with Crippen LogP contribution in [0.1, 0.15) is 42.9 Å². The SMILES string of the molecule is CCCCCc1ccc(-c2ccc(-c3cc(F)c(C(F)(F)Oc4cc(F)c(-c5ccc(C#N)c(F)c5)c(F)c4)c(F)c3)c(F)c2)cc1. The number of hydrogen-bond acceptors (Lipinski definition) is 2. The highest BCUT2D eigenvalue weighted by atomic mass is 19.3. The van der Waals surface area contributed by atoms with Crippen molar-refractivity contribution in [1.29, 1.82) is 5.26 Å². The van der Waals surface area contributed by atoms with E-state index in [0.717, 1.165) is 43.4 Å². The van der Waals surface area contributed by atoms with Crippen LogP contribution in [0.3, 0.4) is 0 Å². The predicted octanol–water partition coefficient (Wildman–Crippen LogP) is 11.3. The number of nitriles is 1. The molecule has 0 aliphatic heterocycles. The smallest absolute Gasteiger partial charge is 0.429 e. The number of ether oxygens (including phenoxy) is 1. The lowest BCUT2D eigenvalue weighted by atomic mass is 9.97. The molecule has 0 saturated heterocycles. The number of benzene rings is 5. The Morgan fingerprint density at radius 2 is 1.19 bits per heavy atom. The van der Waals surface area contributed by atoms with Crippen molar-refractivity contribution in [2.24, 2.45) is 0 Å². The van der Waals surface area contributed by atoms with E-state index in [1.165, 1.54) is 18.2 Å². The lowest BCUT2D eigenvalue weighted by Gasteiger charge is -2.20. The van der Waals surface area contributed by atoms with E-state index in [0.29, 0.717) is 41.5 Å². The predicted molar refractivity (Wildman–Crippen MR) is 161 cm³/mol. The van der Waals surface area contributed by atoms with Gasteiger partial charge < -0.3 is 4.74 Å². The highest BCUT2D eigenvalue weighted by Crippen LogP contribution is 2.39. The van der Waals surface area contributed by atoms with E-state index in [1.807, 2.05) is 24.3 Å². The Labute approximate surface area is 265 Å². The van der Waals surface area contributed by atoms with Gasteiger partial charge in [-0.1, -0.05) is 62.2 Å². The molecular weight excluding hydrogens is 626 g/mol. The van der Waals surface area contributed by atoms with Crippen LogP contribution in [0.25, 0.3) is 33.4 Å². The van der Waals surface area contributed by atoms with Crippen molar-refractivity contribution < 1.29 is 39.9 Å². The molecule has 5 aromatic rings. The van der Waals surface area contributed by atoms with E-state index >= 15 is 22.0 Å². The van der Waals surface area contributed by atoms with Gasteiger partial charge in [-0.15, -0.1) is 0 Å². The molecule has 0 aliphatic carbocycles. The molecule has 5 rings (SSSR count). The van der Waals surface area contributed by atoms with E-state index in [4.69, 9.17) is 5.26 Å². The highest BCUT2D eigenvalue weighted by Gasteiger charge is 2.41. The molecule has 240 valence electrons. The maximum Gasteiger partial charge on any atom is 0.432 e. The van der Waals surface area contributed by atoms with Crippen molar-refractivity contribution in [3.8, 4) is 45.2 Å². The van der Waals surface area contributed by atoms with Crippen molar-refractivity contribution in [3.05, 3.63) is 137 Å². The molecule has 5 aromatic carbocycles. The molecule has 0 spiro atoms. The molecule has 2 nitrogen and oxygen atoms in total. The van der Waals surface area contributed by atoms with Gasteiger partial charge in [0.2, 0.25) is 0 Å². The van der Waals surface area contributed by atoms with Crippen molar-refractivity contribution in [2.75, 3.05) is 0 Å². The first-order chi connectivity index (χ1) is 22.4. The van der Waals surface area contributed by atoms with Gasteiger partial charge in [0.25, 0.3) is 0 Å². The van der Waals surface area contributed by atoms with Crippen LogP contribution >= 0.6 is 0 Å². The van der Waals surface area contributed by atoms with Crippen LogP contribution < -0.4 is 4.74 Å². The Balaban J connectivity index is 1.38. The molecule has 10 heteroatoms. The van der Waals surface area contributed by atoms with Crippen LogP contribution in [0.5, 0.6) is 5.75 Å². The highest BCUT2D eigenvalue weighted by molar-refractivity contribution is 5.72. The maximum absolute atomic E-state index is 15.2. The summed E-state index contributed by atoms with van der Waals surface area (Å²) in [6.07, 6.45) is -0.584. The van der Waals surface area contributed by atoms with Crippen molar-refractivity contribution in [1.82, 2.24) is 0 Å². The van der Waals surface area contributed by atoms with Crippen LogP contribution in [0.4, 0.5) is 35.1 Å². The molecule has 0 heterocycles. The molecule has 0 bridgehead atoms. The fraction of sp³-hybridized carbons (Fsp3) is 0.162. The molecule has 0 saturated carbocycles. The lowest BCUT2D eigenvalue weighted by Crippen LogP contribution is -2.25. The summed E-state index contributed by atoms with van der Waals surface area (Å²) < 4.78 is 123. The van der Waals surface area contributed by atoms with Gasteiger partial charge in [0.15, 0.2) is 0 Å². The number of aryl methyl sites for hydroxylation is 1. The zero-order chi connectivity index (χ0) is 33.9. The van der Waals surface area contributed by atoms with Crippen LogP contribution in [0.15, 0.2) is 84.9 Å². The summed E-state index contributed by atoms with van der Waals surface area (Å²) >= 11 is 0. The van der Waals surface area contributed by atoms with Gasteiger partial charge in [0, 0.05) is 17.7 Å². The second-order valence-corrected chi connectivity index (χ2v) is 10.9. The fourth-order valence-corrected chi connectivity index (χ4v) is 5.22. The minimum absolute atomic E-state index is 0.252. The third-order valence-electron chi connectivity index (χ3n) is 7.61. The monoisotopic (exact) mass is 651 g/mol. The molecule has 0 atom stereocenters. The van der Waals surface area contributed by atoms with Crippen molar-refractivity contribution in [3.63, 3.8) is 0 Å². The number of halogens is 8. The molecule has 0 amide bonds. The quantitative estimate of drug-likeness (QED) is 0.111. The summed E-state index contributed by atoms with van der Waals surface area (Å²) in [5, 5.41) is 8.84. The minimum Gasteiger partial charge on any atom is -0.429 e. The molecule has 47 heavy (non-hydrogen) atoms. The van der Waals surface area contributed by atoms with E-state index in [2.05, 4.69) is 11.7 Å². The average Bonchev–Trinajstić information content (AvgIpc) is 3.00. The molecule has 0 unspecified atom stereocenters. The third-order valence-corrected chi connectivity index (χ3v) is 7.61. The molecule has 0 N–H and O–H groups in total. The van der Waals surface area contributed by atoms with Crippen molar-refractivity contribution in [2.45, 2.75) is 38.7 Å². The summed E-state index contributed by atoms with van der Waals surface area (Å²) in [5.74, 6) is -9.52. The zero-order valence-corrected chi connectivity index (χ0v) is 24.8. The van der Waals surface area contributed by atoms with Gasteiger partial charge in [-0.3, -0.25) is 0 Å². The van der Waals surface area contributed by atoms with E-state index in [-0.39, 0.29) is 22.3 Å². The number of alkyl halides is 2. The Morgan fingerprint density at radius 1 is 0.617 bits per heavy atom. The summed E-state index contributed by atoms with van der Waals surface area (Å²) in [7, 11) is 0. The van der Waals surface area contributed by atoms with E-state index < -0.39 is 57.9 Å².